The molecule has 1 heterocycles. The molecule has 4 heteroatoms. The molecule has 2 rings (SSSR count). The molecular weight excluding hydrogens is 214 g/mol. The third kappa shape index (κ3) is 3.24. The first-order valence-corrected chi connectivity index (χ1v) is 5.72. The Morgan fingerprint density at radius 3 is 3.00 bits per heavy atom. The van der Waals surface area contributed by atoms with Gasteiger partial charge in [0.25, 0.3) is 0 Å². The van der Waals surface area contributed by atoms with E-state index in [0.717, 1.165) is 18.0 Å². The average Bonchev–Trinajstić information content (AvgIpc) is 2.74. The summed E-state index contributed by atoms with van der Waals surface area (Å²) in [5, 5.41) is 7.42. The maximum Gasteiger partial charge on any atom is 0.119 e. The van der Waals surface area contributed by atoms with Crippen molar-refractivity contribution >= 4 is 5.69 Å². The van der Waals surface area contributed by atoms with E-state index >= 15 is 0 Å². The molecule has 2 aromatic rings. The number of aryl methyl sites for hydroxylation is 1. The van der Waals surface area contributed by atoms with E-state index in [-0.39, 0.29) is 0 Å². The summed E-state index contributed by atoms with van der Waals surface area (Å²) in [4.78, 5) is 0. The van der Waals surface area contributed by atoms with Crippen molar-refractivity contribution in [2.45, 2.75) is 13.5 Å². The molecule has 0 unspecified atom stereocenters. The van der Waals surface area contributed by atoms with E-state index in [2.05, 4.69) is 16.5 Å². The minimum atomic E-state index is 0.694. The third-order valence-corrected chi connectivity index (χ3v) is 2.41. The van der Waals surface area contributed by atoms with Crippen molar-refractivity contribution in [2.24, 2.45) is 7.05 Å². The quantitative estimate of drug-likeness (QED) is 0.859. The van der Waals surface area contributed by atoms with Crippen molar-refractivity contribution in [2.75, 3.05) is 11.9 Å². The number of hydrogen-bond donors (Lipinski definition) is 1. The molecule has 0 aliphatic carbocycles. The smallest absolute Gasteiger partial charge is 0.119 e. The number of nitrogens with zero attached hydrogens (tertiary/aromatic N) is 2. The predicted molar refractivity (Wildman–Crippen MR) is 68.1 cm³/mol. The van der Waals surface area contributed by atoms with Crippen molar-refractivity contribution in [3.63, 3.8) is 0 Å². The second-order valence-electron chi connectivity index (χ2n) is 3.84. The first kappa shape index (κ1) is 11.5. The summed E-state index contributed by atoms with van der Waals surface area (Å²) in [5.41, 5.74) is 2.22. The zero-order chi connectivity index (χ0) is 12.1. The topological polar surface area (TPSA) is 39.1 Å². The minimum Gasteiger partial charge on any atom is -0.494 e. The number of anilines is 1. The SMILES string of the molecule is CCOc1cccc(CNc2cnn(C)c2)c1. The Bertz CT molecular complexity index is 479. The predicted octanol–water partition coefficient (Wildman–Crippen LogP) is 2.43. The third-order valence-electron chi connectivity index (χ3n) is 2.41. The van der Waals surface area contributed by atoms with Gasteiger partial charge in [-0.1, -0.05) is 12.1 Å². The largest absolute Gasteiger partial charge is 0.494 e. The van der Waals surface area contributed by atoms with Gasteiger partial charge in [-0.3, -0.25) is 4.68 Å². The number of hydrogen-bond acceptors (Lipinski definition) is 3. The monoisotopic (exact) mass is 231 g/mol. The van der Waals surface area contributed by atoms with Gasteiger partial charge in [-0.05, 0) is 24.6 Å². The molecule has 17 heavy (non-hydrogen) atoms. The standard InChI is InChI=1S/C13H17N3O/c1-3-17-13-6-4-5-11(7-13)8-14-12-9-15-16(2)10-12/h4-7,9-10,14H,3,8H2,1-2H3. The van der Waals surface area contributed by atoms with Gasteiger partial charge in [-0.2, -0.15) is 5.10 Å². The molecule has 90 valence electrons. The summed E-state index contributed by atoms with van der Waals surface area (Å²) in [5.74, 6) is 0.915. The zero-order valence-corrected chi connectivity index (χ0v) is 10.2. The summed E-state index contributed by atoms with van der Waals surface area (Å²) in [6.45, 7) is 3.45. The molecule has 0 spiro atoms. The average molecular weight is 231 g/mol. The molecule has 0 atom stereocenters. The van der Waals surface area contributed by atoms with E-state index in [1.165, 1.54) is 5.56 Å². The van der Waals surface area contributed by atoms with Crippen LogP contribution in [0, 0.1) is 0 Å². The highest BCUT2D eigenvalue weighted by molar-refractivity contribution is 5.40. The molecule has 0 radical (unpaired) electrons. The second kappa shape index (κ2) is 5.39. The molecule has 0 aliphatic rings. The highest BCUT2D eigenvalue weighted by Gasteiger charge is 1.98. The first-order valence-electron chi connectivity index (χ1n) is 5.72. The van der Waals surface area contributed by atoms with Crippen molar-refractivity contribution in [1.29, 1.82) is 0 Å². The maximum atomic E-state index is 5.46. The van der Waals surface area contributed by atoms with Crippen LogP contribution < -0.4 is 10.1 Å². The number of nitrogens with one attached hydrogen (secondary N) is 1. The Morgan fingerprint density at radius 1 is 1.41 bits per heavy atom. The highest BCUT2D eigenvalue weighted by Crippen LogP contribution is 2.14. The highest BCUT2D eigenvalue weighted by atomic mass is 16.5. The summed E-state index contributed by atoms with van der Waals surface area (Å²) >= 11 is 0. The molecule has 1 N–H and O–H groups in total. The first-order chi connectivity index (χ1) is 8.28. The van der Waals surface area contributed by atoms with Gasteiger partial charge in [-0.15, -0.1) is 0 Å². The second-order valence-corrected chi connectivity index (χ2v) is 3.84. The Kier molecular flexibility index (Phi) is 3.65. The van der Waals surface area contributed by atoms with Crippen molar-refractivity contribution in [3.05, 3.63) is 42.2 Å². The van der Waals surface area contributed by atoms with Gasteiger partial charge in [0.1, 0.15) is 5.75 Å². The van der Waals surface area contributed by atoms with Gasteiger partial charge in [0.15, 0.2) is 0 Å². The fourth-order valence-corrected chi connectivity index (χ4v) is 1.63. The number of ether oxygens (including phenoxy) is 1. The van der Waals surface area contributed by atoms with Crippen LogP contribution in [-0.2, 0) is 13.6 Å². The van der Waals surface area contributed by atoms with Gasteiger partial charge in [0.05, 0.1) is 18.5 Å². The van der Waals surface area contributed by atoms with E-state index in [9.17, 15) is 0 Å². The van der Waals surface area contributed by atoms with Crippen LogP contribution in [0.3, 0.4) is 0 Å². The normalized spacial score (nSPS) is 10.2. The van der Waals surface area contributed by atoms with E-state index in [0.29, 0.717) is 6.61 Å². The lowest BCUT2D eigenvalue weighted by Gasteiger charge is -2.07. The van der Waals surface area contributed by atoms with Gasteiger partial charge in [0.2, 0.25) is 0 Å². The van der Waals surface area contributed by atoms with Gasteiger partial charge < -0.3 is 10.1 Å². The molecule has 0 fully saturated rings. The zero-order valence-electron chi connectivity index (χ0n) is 10.2. The van der Waals surface area contributed by atoms with Crippen molar-refractivity contribution in [1.82, 2.24) is 9.78 Å². The lowest BCUT2D eigenvalue weighted by atomic mass is 10.2. The van der Waals surface area contributed by atoms with Gasteiger partial charge >= 0.3 is 0 Å². The Labute approximate surface area is 101 Å². The van der Waals surface area contributed by atoms with Crippen LogP contribution in [0.5, 0.6) is 5.75 Å². The van der Waals surface area contributed by atoms with Crippen LogP contribution in [0.4, 0.5) is 5.69 Å². The summed E-state index contributed by atoms with van der Waals surface area (Å²) < 4.78 is 7.24. The molecule has 4 nitrogen and oxygen atoms in total. The van der Waals surface area contributed by atoms with Crippen molar-refractivity contribution < 1.29 is 4.74 Å². The minimum absolute atomic E-state index is 0.694. The van der Waals surface area contributed by atoms with E-state index in [1.807, 2.05) is 44.6 Å². The van der Waals surface area contributed by atoms with E-state index in [1.54, 1.807) is 4.68 Å². The van der Waals surface area contributed by atoms with Crippen LogP contribution in [0.1, 0.15) is 12.5 Å². The molecule has 0 saturated carbocycles. The van der Waals surface area contributed by atoms with E-state index < -0.39 is 0 Å². The Balaban J connectivity index is 1.96. The van der Waals surface area contributed by atoms with Crippen LogP contribution in [0.2, 0.25) is 0 Å². The maximum absolute atomic E-state index is 5.46. The lowest BCUT2D eigenvalue weighted by molar-refractivity contribution is 0.340. The fourth-order valence-electron chi connectivity index (χ4n) is 1.63. The number of aromatic nitrogens is 2. The Morgan fingerprint density at radius 2 is 2.29 bits per heavy atom. The van der Waals surface area contributed by atoms with Crippen molar-refractivity contribution in [3.8, 4) is 5.75 Å². The molecular formula is C13H17N3O. The number of benzene rings is 1. The van der Waals surface area contributed by atoms with Crippen LogP contribution in [0.25, 0.3) is 0 Å². The fraction of sp³-hybridized carbons (Fsp3) is 0.308. The summed E-state index contributed by atoms with van der Waals surface area (Å²) in [7, 11) is 1.90. The van der Waals surface area contributed by atoms with Gasteiger partial charge in [-0.25, -0.2) is 0 Å². The van der Waals surface area contributed by atoms with Crippen LogP contribution in [-0.4, -0.2) is 16.4 Å². The molecule has 0 aliphatic heterocycles. The van der Waals surface area contributed by atoms with Crippen LogP contribution >= 0.6 is 0 Å². The van der Waals surface area contributed by atoms with E-state index in [4.69, 9.17) is 4.74 Å². The summed E-state index contributed by atoms with van der Waals surface area (Å²) in [6, 6.07) is 8.10. The summed E-state index contributed by atoms with van der Waals surface area (Å²) in [6.07, 6.45) is 3.76. The van der Waals surface area contributed by atoms with Crippen LogP contribution in [0.15, 0.2) is 36.7 Å². The molecule has 1 aromatic heterocycles. The Hall–Kier alpha value is -1.97. The number of rotatable bonds is 5. The molecule has 0 bridgehead atoms. The molecule has 0 saturated heterocycles. The van der Waals surface area contributed by atoms with Gasteiger partial charge in [0, 0.05) is 19.8 Å². The lowest BCUT2D eigenvalue weighted by Crippen LogP contribution is -1.99. The molecule has 1 aromatic carbocycles. The molecule has 0 amide bonds.